The third-order valence-electron chi connectivity index (χ3n) is 4.24. The van der Waals surface area contributed by atoms with E-state index in [1.165, 1.54) is 31.2 Å². The van der Waals surface area contributed by atoms with E-state index in [1.807, 2.05) is 6.07 Å². The Labute approximate surface area is 108 Å². The van der Waals surface area contributed by atoms with Gasteiger partial charge >= 0.3 is 0 Å². The minimum absolute atomic E-state index is 0.0894. The molecule has 2 aliphatic rings. The van der Waals surface area contributed by atoms with E-state index in [4.69, 9.17) is 5.73 Å². The van der Waals surface area contributed by atoms with E-state index in [-0.39, 0.29) is 11.9 Å². The molecule has 1 fully saturated rings. The van der Waals surface area contributed by atoms with Crippen molar-refractivity contribution in [2.45, 2.75) is 44.6 Å². The van der Waals surface area contributed by atoms with E-state index < -0.39 is 0 Å². The standard InChI is InChI=1S/C15H20N2O/c16-13(7-10-3-1-2-4-10)11-5-6-14-12(8-11)9-15(18)17-14/h5-6,8,10,13H,1-4,7,9,16H2,(H,17,18). The summed E-state index contributed by atoms with van der Waals surface area (Å²) in [6, 6.07) is 6.27. The molecule has 3 N–H and O–H groups in total. The van der Waals surface area contributed by atoms with Crippen LogP contribution in [0.5, 0.6) is 0 Å². The Morgan fingerprint density at radius 1 is 1.33 bits per heavy atom. The molecule has 1 unspecified atom stereocenters. The van der Waals surface area contributed by atoms with Crippen LogP contribution in [-0.4, -0.2) is 5.91 Å². The van der Waals surface area contributed by atoms with E-state index in [2.05, 4.69) is 17.4 Å². The zero-order valence-corrected chi connectivity index (χ0v) is 10.6. The van der Waals surface area contributed by atoms with Crippen LogP contribution in [0.25, 0.3) is 0 Å². The Hall–Kier alpha value is -1.35. The lowest BCUT2D eigenvalue weighted by atomic mass is 9.93. The van der Waals surface area contributed by atoms with Crippen molar-refractivity contribution in [1.29, 1.82) is 0 Å². The minimum Gasteiger partial charge on any atom is -0.326 e. The number of rotatable bonds is 3. The Morgan fingerprint density at radius 2 is 2.11 bits per heavy atom. The normalized spacial score (nSPS) is 20.8. The number of anilines is 1. The molecule has 1 amide bonds. The number of fused-ring (bicyclic) bond motifs is 1. The van der Waals surface area contributed by atoms with Gasteiger partial charge in [0.15, 0.2) is 0 Å². The second-order valence-electron chi connectivity index (χ2n) is 5.63. The van der Waals surface area contributed by atoms with Crippen molar-refractivity contribution in [1.82, 2.24) is 0 Å². The molecule has 3 rings (SSSR count). The van der Waals surface area contributed by atoms with Gasteiger partial charge in [0.05, 0.1) is 6.42 Å². The molecule has 1 atom stereocenters. The zero-order valence-electron chi connectivity index (χ0n) is 10.6. The van der Waals surface area contributed by atoms with Crippen LogP contribution < -0.4 is 11.1 Å². The number of nitrogens with two attached hydrogens (primary N) is 1. The van der Waals surface area contributed by atoms with Gasteiger partial charge in [-0.15, -0.1) is 0 Å². The summed E-state index contributed by atoms with van der Waals surface area (Å²) in [6.07, 6.45) is 6.97. The summed E-state index contributed by atoms with van der Waals surface area (Å²) >= 11 is 0. The van der Waals surface area contributed by atoms with E-state index in [9.17, 15) is 4.79 Å². The number of hydrogen-bond donors (Lipinski definition) is 2. The first-order valence-electron chi connectivity index (χ1n) is 6.90. The molecule has 18 heavy (non-hydrogen) atoms. The van der Waals surface area contributed by atoms with Crippen LogP contribution in [0.15, 0.2) is 18.2 Å². The third-order valence-corrected chi connectivity index (χ3v) is 4.24. The molecule has 0 spiro atoms. The molecular formula is C15H20N2O. The molecule has 96 valence electrons. The van der Waals surface area contributed by atoms with Gasteiger partial charge in [-0.1, -0.05) is 37.8 Å². The fourth-order valence-corrected chi connectivity index (χ4v) is 3.22. The Balaban J connectivity index is 1.72. The Morgan fingerprint density at radius 3 is 2.89 bits per heavy atom. The summed E-state index contributed by atoms with van der Waals surface area (Å²) in [7, 11) is 0. The molecule has 1 aliphatic carbocycles. The van der Waals surface area contributed by atoms with Crippen LogP contribution in [0.2, 0.25) is 0 Å². The van der Waals surface area contributed by atoms with Crippen LogP contribution in [0.3, 0.4) is 0 Å². The van der Waals surface area contributed by atoms with Gasteiger partial charge in [-0.2, -0.15) is 0 Å². The summed E-state index contributed by atoms with van der Waals surface area (Å²) in [5.41, 5.74) is 9.53. The number of carbonyl (C=O) groups excluding carboxylic acids is 1. The van der Waals surface area contributed by atoms with Gasteiger partial charge in [0.2, 0.25) is 5.91 Å². The summed E-state index contributed by atoms with van der Waals surface area (Å²) in [4.78, 5) is 11.3. The van der Waals surface area contributed by atoms with E-state index in [1.54, 1.807) is 0 Å². The molecule has 1 aromatic rings. The maximum Gasteiger partial charge on any atom is 0.228 e. The summed E-state index contributed by atoms with van der Waals surface area (Å²) < 4.78 is 0. The van der Waals surface area contributed by atoms with Crippen LogP contribution >= 0.6 is 0 Å². The van der Waals surface area contributed by atoms with Crippen molar-refractivity contribution in [3.05, 3.63) is 29.3 Å². The molecular weight excluding hydrogens is 224 g/mol. The maximum atomic E-state index is 11.3. The van der Waals surface area contributed by atoms with Gasteiger partial charge < -0.3 is 11.1 Å². The predicted octanol–water partition coefficient (Wildman–Crippen LogP) is 2.76. The average molecular weight is 244 g/mol. The lowest BCUT2D eigenvalue weighted by Crippen LogP contribution is -2.14. The quantitative estimate of drug-likeness (QED) is 0.859. The van der Waals surface area contributed by atoms with Gasteiger partial charge in [0, 0.05) is 11.7 Å². The fourth-order valence-electron chi connectivity index (χ4n) is 3.22. The highest BCUT2D eigenvalue weighted by Crippen LogP contribution is 2.33. The number of benzene rings is 1. The first-order valence-corrected chi connectivity index (χ1v) is 6.90. The van der Waals surface area contributed by atoms with Crippen LogP contribution in [-0.2, 0) is 11.2 Å². The highest BCUT2D eigenvalue weighted by Gasteiger charge is 2.22. The van der Waals surface area contributed by atoms with Gasteiger partial charge in [0.25, 0.3) is 0 Å². The van der Waals surface area contributed by atoms with Crippen LogP contribution in [0.4, 0.5) is 5.69 Å². The van der Waals surface area contributed by atoms with Crippen molar-refractivity contribution >= 4 is 11.6 Å². The molecule has 3 nitrogen and oxygen atoms in total. The molecule has 0 bridgehead atoms. The smallest absolute Gasteiger partial charge is 0.228 e. The third kappa shape index (κ3) is 2.27. The van der Waals surface area contributed by atoms with Crippen molar-refractivity contribution in [3.63, 3.8) is 0 Å². The average Bonchev–Trinajstić information content (AvgIpc) is 2.95. The predicted molar refractivity (Wildman–Crippen MR) is 72.3 cm³/mol. The molecule has 1 heterocycles. The first-order chi connectivity index (χ1) is 8.72. The van der Waals surface area contributed by atoms with Crippen molar-refractivity contribution in [2.75, 3.05) is 5.32 Å². The molecule has 1 saturated carbocycles. The molecule has 0 saturated heterocycles. The number of amides is 1. The lowest BCUT2D eigenvalue weighted by molar-refractivity contribution is -0.115. The van der Waals surface area contributed by atoms with Gasteiger partial charge in [-0.05, 0) is 29.5 Å². The largest absolute Gasteiger partial charge is 0.326 e. The minimum atomic E-state index is 0.0894. The van der Waals surface area contributed by atoms with Crippen molar-refractivity contribution in [3.8, 4) is 0 Å². The van der Waals surface area contributed by atoms with E-state index >= 15 is 0 Å². The van der Waals surface area contributed by atoms with Crippen molar-refractivity contribution in [2.24, 2.45) is 11.7 Å². The second kappa shape index (κ2) is 4.73. The topological polar surface area (TPSA) is 55.1 Å². The highest BCUT2D eigenvalue weighted by atomic mass is 16.1. The van der Waals surface area contributed by atoms with Gasteiger partial charge in [-0.3, -0.25) is 4.79 Å². The number of nitrogens with one attached hydrogen (secondary N) is 1. The summed E-state index contributed by atoms with van der Waals surface area (Å²) in [5.74, 6) is 0.888. The van der Waals surface area contributed by atoms with Crippen LogP contribution in [0, 0.1) is 5.92 Å². The Bertz CT molecular complexity index is 464. The van der Waals surface area contributed by atoms with Crippen molar-refractivity contribution < 1.29 is 4.79 Å². The number of carbonyl (C=O) groups is 1. The summed E-state index contributed by atoms with van der Waals surface area (Å²) in [6.45, 7) is 0. The fraction of sp³-hybridized carbons (Fsp3) is 0.533. The SMILES string of the molecule is NC(CC1CCCC1)c1ccc2c(c1)CC(=O)N2. The molecule has 0 radical (unpaired) electrons. The highest BCUT2D eigenvalue weighted by molar-refractivity contribution is 5.99. The van der Waals surface area contributed by atoms with Gasteiger partial charge in [-0.25, -0.2) is 0 Å². The monoisotopic (exact) mass is 244 g/mol. The maximum absolute atomic E-state index is 11.3. The molecule has 0 aromatic heterocycles. The summed E-state index contributed by atoms with van der Waals surface area (Å²) in [5, 5.41) is 2.86. The lowest BCUT2D eigenvalue weighted by Gasteiger charge is -2.17. The van der Waals surface area contributed by atoms with E-state index in [0.29, 0.717) is 6.42 Å². The zero-order chi connectivity index (χ0) is 12.5. The van der Waals surface area contributed by atoms with Crippen LogP contribution in [0.1, 0.15) is 49.3 Å². The first kappa shape index (κ1) is 11.7. The number of hydrogen-bond acceptors (Lipinski definition) is 2. The molecule has 1 aliphatic heterocycles. The second-order valence-corrected chi connectivity index (χ2v) is 5.63. The molecule has 3 heteroatoms. The van der Waals surface area contributed by atoms with Gasteiger partial charge in [0.1, 0.15) is 0 Å². The Kier molecular flexibility index (Phi) is 3.08. The van der Waals surface area contributed by atoms with E-state index in [0.717, 1.165) is 23.6 Å². The molecule has 1 aromatic carbocycles.